The van der Waals surface area contributed by atoms with Gasteiger partial charge in [-0.25, -0.2) is 0 Å². The summed E-state index contributed by atoms with van der Waals surface area (Å²) in [6, 6.07) is 5.03. The maximum Gasteiger partial charge on any atom is 0.227 e. The van der Waals surface area contributed by atoms with Crippen LogP contribution in [0.2, 0.25) is 10.0 Å². The van der Waals surface area contributed by atoms with Crippen molar-refractivity contribution in [2.45, 2.75) is 52.0 Å². The van der Waals surface area contributed by atoms with E-state index in [4.69, 9.17) is 23.2 Å². The maximum absolute atomic E-state index is 12.4. The monoisotopic (exact) mass is 370 g/mol. The van der Waals surface area contributed by atoms with E-state index >= 15 is 0 Å². The molecule has 0 atom stereocenters. The molecule has 1 fully saturated rings. The summed E-state index contributed by atoms with van der Waals surface area (Å²) < 4.78 is 0. The molecular weight excluding hydrogens is 347 g/mol. The SMILES string of the molecule is CC(C)(C)NC(=O)C1CCC(C(=O)Nc2ccc(Cl)c(Cl)c2)CC1. The van der Waals surface area contributed by atoms with Crippen molar-refractivity contribution in [1.29, 1.82) is 0 Å². The third-order valence-electron chi connectivity index (χ3n) is 4.15. The van der Waals surface area contributed by atoms with Crippen molar-refractivity contribution in [2.75, 3.05) is 5.32 Å². The molecule has 0 aliphatic heterocycles. The summed E-state index contributed by atoms with van der Waals surface area (Å²) in [5, 5.41) is 6.77. The molecule has 0 saturated heterocycles. The molecule has 1 aliphatic carbocycles. The van der Waals surface area contributed by atoms with Crippen molar-refractivity contribution in [3.63, 3.8) is 0 Å². The Balaban J connectivity index is 1.86. The number of benzene rings is 1. The van der Waals surface area contributed by atoms with Gasteiger partial charge in [0.1, 0.15) is 0 Å². The topological polar surface area (TPSA) is 58.2 Å². The lowest BCUT2D eigenvalue weighted by Crippen LogP contribution is -2.45. The quantitative estimate of drug-likeness (QED) is 0.812. The molecule has 1 aromatic rings. The second kappa shape index (κ2) is 7.75. The van der Waals surface area contributed by atoms with Gasteiger partial charge in [0.15, 0.2) is 0 Å². The van der Waals surface area contributed by atoms with Crippen molar-refractivity contribution >= 4 is 40.7 Å². The van der Waals surface area contributed by atoms with Crippen LogP contribution in [-0.2, 0) is 9.59 Å². The summed E-state index contributed by atoms with van der Waals surface area (Å²) in [6.45, 7) is 5.92. The Labute approximate surface area is 153 Å². The highest BCUT2D eigenvalue weighted by Crippen LogP contribution is 2.31. The minimum atomic E-state index is -0.223. The number of hydrogen-bond acceptors (Lipinski definition) is 2. The third-order valence-corrected chi connectivity index (χ3v) is 4.89. The number of amides is 2. The fraction of sp³-hybridized carbons (Fsp3) is 0.556. The Morgan fingerprint density at radius 3 is 2.00 bits per heavy atom. The first-order valence-electron chi connectivity index (χ1n) is 8.23. The van der Waals surface area contributed by atoms with Crippen LogP contribution in [0.4, 0.5) is 5.69 Å². The maximum atomic E-state index is 12.4. The third kappa shape index (κ3) is 5.38. The van der Waals surface area contributed by atoms with E-state index in [0.717, 1.165) is 25.7 Å². The Kier molecular flexibility index (Phi) is 6.16. The lowest BCUT2D eigenvalue weighted by molar-refractivity contribution is -0.129. The molecule has 2 N–H and O–H groups in total. The zero-order valence-corrected chi connectivity index (χ0v) is 15.8. The normalized spacial score (nSPS) is 21.2. The summed E-state index contributed by atoms with van der Waals surface area (Å²) in [5.74, 6) is -0.00898. The van der Waals surface area contributed by atoms with E-state index in [9.17, 15) is 9.59 Å². The van der Waals surface area contributed by atoms with Crippen LogP contribution >= 0.6 is 23.2 Å². The van der Waals surface area contributed by atoms with Gasteiger partial charge in [0.25, 0.3) is 0 Å². The van der Waals surface area contributed by atoms with Crippen LogP contribution in [0.5, 0.6) is 0 Å². The number of hydrogen-bond donors (Lipinski definition) is 2. The van der Waals surface area contributed by atoms with Crippen LogP contribution in [-0.4, -0.2) is 17.4 Å². The van der Waals surface area contributed by atoms with Crippen LogP contribution in [0.15, 0.2) is 18.2 Å². The van der Waals surface area contributed by atoms with Gasteiger partial charge in [-0.3, -0.25) is 9.59 Å². The van der Waals surface area contributed by atoms with Crippen molar-refractivity contribution in [3.05, 3.63) is 28.2 Å². The Morgan fingerprint density at radius 1 is 0.958 bits per heavy atom. The molecule has 1 saturated carbocycles. The molecule has 2 amide bonds. The average Bonchev–Trinajstić information content (AvgIpc) is 2.49. The van der Waals surface area contributed by atoms with Crippen molar-refractivity contribution in [1.82, 2.24) is 5.32 Å². The van der Waals surface area contributed by atoms with Crippen molar-refractivity contribution < 1.29 is 9.59 Å². The summed E-state index contributed by atoms with van der Waals surface area (Å²) in [5.41, 5.74) is 0.418. The van der Waals surface area contributed by atoms with Gasteiger partial charge >= 0.3 is 0 Å². The van der Waals surface area contributed by atoms with E-state index < -0.39 is 0 Å². The van der Waals surface area contributed by atoms with Gasteiger partial charge in [-0.2, -0.15) is 0 Å². The summed E-state index contributed by atoms with van der Waals surface area (Å²) in [6.07, 6.45) is 2.91. The Hall–Kier alpha value is -1.26. The number of halogens is 2. The van der Waals surface area contributed by atoms with Crippen LogP contribution in [0.25, 0.3) is 0 Å². The zero-order valence-electron chi connectivity index (χ0n) is 14.3. The predicted octanol–water partition coefficient (Wildman–Crippen LogP) is 4.65. The largest absolute Gasteiger partial charge is 0.351 e. The molecule has 1 aromatic carbocycles. The summed E-state index contributed by atoms with van der Waals surface area (Å²) in [7, 11) is 0. The van der Waals surface area contributed by atoms with Gasteiger partial charge in [-0.05, 0) is 64.7 Å². The number of nitrogens with one attached hydrogen (secondary N) is 2. The highest BCUT2D eigenvalue weighted by atomic mass is 35.5. The van der Waals surface area contributed by atoms with Crippen LogP contribution < -0.4 is 10.6 Å². The van der Waals surface area contributed by atoms with E-state index in [1.165, 1.54) is 0 Å². The number of carbonyl (C=O) groups is 2. The molecule has 4 nitrogen and oxygen atoms in total. The molecule has 1 aliphatic rings. The van der Waals surface area contributed by atoms with Crippen LogP contribution in [0.1, 0.15) is 46.5 Å². The van der Waals surface area contributed by atoms with Gasteiger partial charge in [-0.1, -0.05) is 23.2 Å². The van der Waals surface area contributed by atoms with E-state index in [1.54, 1.807) is 18.2 Å². The summed E-state index contributed by atoms with van der Waals surface area (Å²) in [4.78, 5) is 24.6. The smallest absolute Gasteiger partial charge is 0.227 e. The first kappa shape index (κ1) is 19.1. The van der Waals surface area contributed by atoms with Gasteiger partial charge < -0.3 is 10.6 Å². The van der Waals surface area contributed by atoms with E-state index in [1.807, 2.05) is 20.8 Å². The standard InChI is InChI=1S/C18H24Cl2N2O2/c1-18(2,3)22-17(24)12-6-4-11(5-7-12)16(23)21-13-8-9-14(19)15(20)10-13/h8-12H,4-7H2,1-3H3,(H,21,23)(H,22,24). The summed E-state index contributed by atoms with van der Waals surface area (Å²) >= 11 is 11.8. The van der Waals surface area contributed by atoms with Crippen molar-refractivity contribution in [3.8, 4) is 0 Å². The van der Waals surface area contributed by atoms with Gasteiger partial charge in [-0.15, -0.1) is 0 Å². The predicted molar refractivity (Wildman–Crippen MR) is 98.4 cm³/mol. The average molecular weight is 371 g/mol. The molecule has 2 rings (SSSR count). The highest BCUT2D eigenvalue weighted by molar-refractivity contribution is 6.42. The molecule has 6 heteroatoms. The molecule has 0 bridgehead atoms. The Bertz CT molecular complexity index is 618. The van der Waals surface area contributed by atoms with Gasteiger partial charge in [0.05, 0.1) is 10.0 Å². The van der Waals surface area contributed by atoms with E-state index in [2.05, 4.69) is 10.6 Å². The minimum absolute atomic E-state index is 0.00162. The highest BCUT2D eigenvalue weighted by Gasteiger charge is 2.31. The molecule has 24 heavy (non-hydrogen) atoms. The lowest BCUT2D eigenvalue weighted by atomic mass is 9.81. The fourth-order valence-corrected chi connectivity index (χ4v) is 3.21. The molecule has 0 heterocycles. The number of carbonyl (C=O) groups excluding carboxylic acids is 2. The van der Waals surface area contributed by atoms with E-state index in [0.29, 0.717) is 15.7 Å². The van der Waals surface area contributed by atoms with Crippen LogP contribution in [0.3, 0.4) is 0 Å². The second-order valence-corrected chi connectivity index (χ2v) is 8.22. The molecule has 0 radical (unpaired) electrons. The second-order valence-electron chi connectivity index (χ2n) is 7.41. The zero-order chi connectivity index (χ0) is 17.9. The van der Waals surface area contributed by atoms with Crippen LogP contribution in [0, 0.1) is 11.8 Å². The van der Waals surface area contributed by atoms with Gasteiger partial charge in [0, 0.05) is 23.1 Å². The number of rotatable bonds is 3. The molecular formula is C18H24Cl2N2O2. The first-order chi connectivity index (χ1) is 11.2. The molecule has 0 spiro atoms. The molecule has 0 unspecified atom stereocenters. The number of anilines is 1. The lowest BCUT2D eigenvalue weighted by Gasteiger charge is -2.30. The van der Waals surface area contributed by atoms with Gasteiger partial charge in [0.2, 0.25) is 11.8 Å². The van der Waals surface area contributed by atoms with Crippen molar-refractivity contribution in [2.24, 2.45) is 11.8 Å². The molecule has 132 valence electrons. The molecule has 0 aromatic heterocycles. The van der Waals surface area contributed by atoms with E-state index in [-0.39, 0.29) is 29.2 Å². The first-order valence-corrected chi connectivity index (χ1v) is 8.99. The Morgan fingerprint density at radius 2 is 1.50 bits per heavy atom. The fourth-order valence-electron chi connectivity index (χ4n) is 2.91. The minimum Gasteiger partial charge on any atom is -0.351 e.